The summed E-state index contributed by atoms with van der Waals surface area (Å²) in [5, 5.41) is 0. The van der Waals surface area contributed by atoms with Crippen LogP contribution < -0.4 is 5.73 Å². The Balaban J connectivity index is 2.77. The molecule has 0 amide bonds. The Bertz CT molecular complexity index is 347. The lowest BCUT2D eigenvalue weighted by Gasteiger charge is -2.23. The minimum atomic E-state index is 0.155. The van der Waals surface area contributed by atoms with Crippen molar-refractivity contribution in [1.29, 1.82) is 0 Å². The highest BCUT2D eigenvalue weighted by Gasteiger charge is 2.17. The zero-order chi connectivity index (χ0) is 13.1. The summed E-state index contributed by atoms with van der Waals surface area (Å²) in [7, 11) is 0. The molecule has 0 saturated carbocycles. The molecule has 2 N–H and O–H groups in total. The standard InChI is InChI=1S/C16H27N/c1-12(2)9-13-7-6-8-14(10-13)15(17)11-16(3,4)5/h6-8,10,12,15H,9,11,17H2,1-5H3. The molecule has 0 bridgehead atoms. The van der Waals surface area contributed by atoms with Crippen molar-refractivity contribution in [1.82, 2.24) is 0 Å². The summed E-state index contributed by atoms with van der Waals surface area (Å²) in [5.41, 5.74) is 9.25. The van der Waals surface area contributed by atoms with Gasteiger partial charge in [0.1, 0.15) is 0 Å². The number of hydrogen-bond donors (Lipinski definition) is 1. The summed E-state index contributed by atoms with van der Waals surface area (Å²) in [6.45, 7) is 11.2. The van der Waals surface area contributed by atoms with E-state index < -0.39 is 0 Å². The Morgan fingerprint density at radius 3 is 2.35 bits per heavy atom. The van der Waals surface area contributed by atoms with Crippen molar-refractivity contribution >= 4 is 0 Å². The molecule has 0 fully saturated rings. The van der Waals surface area contributed by atoms with Gasteiger partial charge in [-0.1, -0.05) is 58.9 Å². The fraction of sp³-hybridized carbons (Fsp3) is 0.625. The van der Waals surface area contributed by atoms with E-state index in [0.717, 1.165) is 12.8 Å². The summed E-state index contributed by atoms with van der Waals surface area (Å²) >= 11 is 0. The predicted octanol–water partition coefficient (Wildman–Crippen LogP) is 4.32. The monoisotopic (exact) mass is 233 g/mol. The van der Waals surface area contributed by atoms with Gasteiger partial charge in [0, 0.05) is 6.04 Å². The maximum atomic E-state index is 6.28. The van der Waals surface area contributed by atoms with Crippen LogP contribution in [0.5, 0.6) is 0 Å². The summed E-state index contributed by atoms with van der Waals surface area (Å²) in [4.78, 5) is 0. The van der Waals surface area contributed by atoms with E-state index in [-0.39, 0.29) is 11.5 Å². The molecule has 0 aliphatic carbocycles. The zero-order valence-corrected chi connectivity index (χ0v) is 12.0. The number of nitrogens with two attached hydrogens (primary N) is 1. The van der Waals surface area contributed by atoms with Crippen molar-refractivity contribution in [3.8, 4) is 0 Å². The maximum Gasteiger partial charge on any atom is 0.0299 e. The van der Waals surface area contributed by atoms with Gasteiger partial charge in [0.05, 0.1) is 0 Å². The molecule has 1 rings (SSSR count). The molecule has 0 radical (unpaired) electrons. The molecule has 1 unspecified atom stereocenters. The van der Waals surface area contributed by atoms with Crippen LogP contribution in [0.2, 0.25) is 0 Å². The molecule has 1 atom stereocenters. The highest BCUT2D eigenvalue weighted by atomic mass is 14.6. The van der Waals surface area contributed by atoms with E-state index in [0.29, 0.717) is 5.92 Å². The molecule has 0 aliphatic heterocycles. The van der Waals surface area contributed by atoms with Crippen LogP contribution in [0.3, 0.4) is 0 Å². The smallest absolute Gasteiger partial charge is 0.0299 e. The first-order valence-electron chi connectivity index (χ1n) is 6.62. The zero-order valence-electron chi connectivity index (χ0n) is 12.0. The third-order valence-electron chi connectivity index (χ3n) is 2.86. The first-order chi connectivity index (χ1) is 7.78. The predicted molar refractivity (Wildman–Crippen MR) is 76.0 cm³/mol. The van der Waals surface area contributed by atoms with Gasteiger partial charge in [-0.2, -0.15) is 0 Å². The van der Waals surface area contributed by atoms with Gasteiger partial charge in [0.25, 0.3) is 0 Å². The van der Waals surface area contributed by atoms with Crippen LogP contribution in [-0.2, 0) is 6.42 Å². The third-order valence-corrected chi connectivity index (χ3v) is 2.86. The molecule has 1 heteroatoms. The average Bonchev–Trinajstić information content (AvgIpc) is 2.14. The van der Waals surface area contributed by atoms with Crippen molar-refractivity contribution < 1.29 is 0 Å². The van der Waals surface area contributed by atoms with Crippen LogP contribution in [0.4, 0.5) is 0 Å². The Morgan fingerprint density at radius 2 is 1.82 bits per heavy atom. The second-order valence-corrected chi connectivity index (χ2v) is 6.71. The quantitative estimate of drug-likeness (QED) is 0.823. The number of benzene rings is 1. The Labute approximate surface area is 106 Å². The van der Waals surface area contributed by atoms with Gasteiger partial charge >= 0.3 is 0 Å². The van der Waals surface area contributed by atoms with E-state index in [9.17, 15) is 0 Å². The largest absolute Gasteiger partial charge is 0.324 e. The van der Waals surface area contributed by atoms with Gasteiger partial charge in [-0.05, 0) is 35.3 Å². The van der Waals surface area contributed by atoms with E-state index in [4.69, 9.17) is 5.73 Å². The molecule has 1 aromatic carbocycles. The van der Waals surface area contributed by atoms with Gasteiger partial charge in [-0.25, -0.2) is 0 Å². The Hall–Kier alpha value is -0.820. The summed E-state index contributed by atoms with van der Waals surface area (Å²) < 4.78 is 0. The van der Waals surface area contributed by atoms with Gasteiger partial charge in [0.2, 0.25) is 0 Å². The fourth-order valence-corrected chi connectivity index (χ4v) is 2.20. The SMILES string of the molecule is CC(C)Cc1cccc(C(N)CC(C)(C)C)c1. The van der Waals surface area contributed by atoms with E-state index in [1.807, 2.05) is 0 Å². The maximum absolute atomic E-state index is 6.28. The van der Waals surface area contributed by atoms with Crippen molar-refractivity contribution in [3.63, 3.8) is 0 Å². The van der Waals surface area contributed by atoms with Gasteiger partial charge in [0.15, 0.2) is 0 Å². The van der Waals surface area contributed by atoms with E-state index >= 15 is 0 Å². The fourth-order valence-electron chi connectivity index (χ4n) is 2.20. The molecule has 0 aliphatic rings. The molecule has 1 nitrogen and oxygen atoms in total. The molecular formula is C16H27N. The van der Waals surface area contributed by atoms with Crippen molar-refractivity contribution in [2.45, 2.75) is 53.5 Å². The molecule has 17 heavy (non-hydrogen) atoms. The second kappa shape index (κ2) is 5.68. The third kappa shape index (κ3) is 5.36. The lowest BCUT2D eigenvalue weighted by molar-refractivity contribution is 0.342. The molecule has 1 aromatic rings. The number of hydrogen-bond acceptors (Lipinski definition) is 1. The minimum absolute atomic E-state index is 0.155. The highest BCUT2D eigenvalue weighted by molar-refractivity contribution is 5.26. The molecule has 96 valence electrons. The first kappa shape index (κ1) is 14.2. The molecule has 0 heterocycles. The van der Waals surface area contributed by atoms with Crippen molar-refractivity contribution in [2.24, 2.45) is 17.1 Å². The number of rotatable bonds is 4. The van der Waals surface area contributed by atoms with Crippen LogP contribution in [0.15, 0.2) is 24.3 Å². The van der Waals surface area contributed by atoms with Gasteiger partial charge in [-0.15, -0.1) is 0 Å². The lowest BCUT2D eigenvalue weighted by Crippen LogP contribution is -2.18. The van der Waals surface area contributed by atoms with Crippen molar-refractivity contribution in [3.05, 3.63) is 35.4 Å². The summed E-state index contributed by atoms with van der Waals surface area (Å²) in [6.07, 6.45) is 2.16. The molecule has 0 aromatic heterocycles. The molecule has 0 spiro atoms. The second-order valence-electron chi connectivity index (χ2n) is 6.71. The van der Waals surface area contributed by atoms with Crippen LogP contribution in [0.25, 0.3) is 0 Å². The average molecular weight is 233 g/mol. The first-order valence-corrected chi connectivity index (χ1v) is 6.62. The molecule has 0 saturated heterocycles. The van der Waals surface area contributed by atoms with Crippen LogP contribution in [-0.4, -0.2) is 0 Å². The van der Waals surface area contributed by atoms with E-state index in [2.05, 4.69) is 58.9 Å². The van der Waals surface area contributed by atoms with Crippen LogP contribution in [0, 0.1) is 11.3 Å². The van der Waals surface area contributed by atoms with E-state index in [1.165, 1.54) is 11.1 Å². The van der Waals surface area contributed by atoms with Gasteiger partial charge < -0.3 is 5.73 Å². The Morgan fingerprint density at radius 1 is 1.18 bits per heavy atom. The van der Waals surface area contributed by atoms with Crippen LogP contribution in [0.1, 0.15) is 58.2 Å². The van der Waals surface area contributed by atoms with E-state index in [1.54, 1.807) is 0 Å². The topological polar surface area (TPSA) is 26.0 Å². The minimum Gasteiger partial charge on any atom is -0.324 e. The Kier molecular flexibility index (Phi) is 4.76. The normalized spacial score (nSPS) is 14.1. The highest BCUT2D eigenvalue weighted by Crippen LogP contribution is 2.28. The van der Waals surface area contributed by atoms with Crippen molar-refractivity contribution in [2.75, 3.05) is 0 Å². The van der Waals surface area contributed by atoms with Gasteiger partial charge in [-0.3, -0.25) is 0 Å². The molecular weight excluding hydrogens is 206 g/mol. The summed E-state index contributed by atoms with van der Waals surface area (Å²) in [6, 6.07) is 8.92. The lowest BCUT2D eigenvalue weighted by atomic mass is 9.85. The summed E-state index contributed by atoms with van der Waals surface area (Å²) in [5.74, 6) is 0.698. The van der Waals surface area contributed by atoms with Crippen LogP contribution >= 0.6 is 0 Å².